The van der Waals surface area contributed by atoms with Gasteiger partial charge in [0.05, 0.1) is 0 Å². The Morgan fingerprint density at radius 3 is 2.62 bits per heavy atom. The normalized spacial score (nSPS) is 22.5. The van der Waals surface area contributed by atoms with Crippen LogP contribution in [0.15, 0.2) is 0 Å². The van der Waals surface area contributed by atoms with Crippen LogP contribution in [-0.4, -0.2) is 59.5 Å². The molecule has 0 saturated carbocycles. The molecule has 0 aromatic carbocycles. The second kappa shape index (κ2) is 5.48. The predicted octanol–water partition coefficient (Wildman–Crippen LogP) is 0.679. The van der Waals surface area contributed by atoms with Crippen LogP contribution in [0, 0.1) is 6.92 Å². The fourth-order valence-corrected chi connectivity index (χ4v) is 2.78. The second-order valence-electron chi connectivity index (χ2n) is 5.59. The molecular formula is C14H22N6O. The van der Waals surface area contributed by atoms with Gasteiger partial charge in [-0.1, -0.05) is 6.92 Å². The number of anilines is 3. The van der Waals surface area contributed by atoms with Crippen molar-refractivity contribution in [3.63, 3.8) is 0 Å². The summed E-state index contributed by atoms with van der Waals surface area (Å²) in [5.41, 5.74) is 0.716. The van der Waals surface area contributed by atoms with Crippen LogP contribution in [-0.2, 0) is 4.79 Å². The lowest BCUT2D eigenvalue weighted by Gasteiger charge is -2.36. The minimum absolute atomic E-state index is 0.0385. The molecule has 0 aliphatic carbocycles. The summed E-state index contributed by atoms with van der Waals surface area (Å²) in [5.74, 6) is 2.24. The maximum Gasteiger partial charge on any atom is 0.246 e. The molecule has 3 rings (SSSR count). The van der Waals surface area contributed by atoms with Crippen LogP contribution in [0.4, 0.5) is 17.3 Å². The minimum atomic E-state index is -0.267. The van der Waals surface area contributed by atoms with E-state index in [2.05, 4.69) is 37.3 Å². The molecule has 3 heterocycles. The first kappa shape index (κ1) is 14.1. The summed E-state index contributed by atoms with van der Waals surface area (Å²) in [4.78, 5) is 25.5. The molecule has 1 fully saturated rings. The van der Waals surface area contributed by atoms with Crippen molar-refractivity contribution in [3.8, 4) is 0 Å². The maximum atomic E-state index is 11.9. The van der Waals surface area contributed by atoms with Crippen LogP contribution >= 0.6 is 0 Å². The number of nitrogens with zero attached hydrogens (tertiary/aromatic N) is 4. The molecule has 1 amide bonds. The Bertz CT molecular complexity index is 553. The van der Waals surface area contributed by atoms with Gasteiger partial charge in [-0.3, -0.25) is 4.79 Å². The van der Waals surface area contributed by atoms with Crippen molar-refractivity contribution in [1.29, 1.82) is 0 Å². The van der Waals surface area contributed by atoms with Crippen molar-refractivity contribution in [2.45, 2.75) is 26.8 Å². The van der Waals surface area contributed by atoms with Crippen molar-refractivity contribution >= 4 is 23.2 Å². The standard InChI is InChI=1S/C14H22N6O/c1-4-19-5-7-20(8-6-19)13-11-12(16-10(3)17-13)15-9(2)14(21)18-11/h9H,4-8H2,1-3H3,(H,18,21)(H,15,16,17). The average Bonchev–Trinajstić information content (AvgIpc) is 2.48. The Hall–Kier alpha value is -1.89. The minimum Gasteiger partial charge on any atom is -0.357 e. The van der Waals surface area contributed by atoms with Gasteiger partial charge in [-0.25, -0.2) is 9.97 Å². The van der Waals surface area contributed by atoms with Crippen molar-refractivity contribution in [2.75, 3.05) is 48.3 Å². The van der Waals surface area contributed by atoms with Gasteiger partial charge in [0.15, 0.2) is 11.6 Å². The Morgan fingerprint density at radius 1 is 1.24 bits per heavy atom. The number of rotatable bonds is 2. The van der Waals surface area contributed by atoms with E-state index < -0.39 is 0 Å². The highest BCUT2D eigenvalue weighted by Crippen LogP contribution is 2.34. The van der Waals surface area contributed by atoms with Crippen LogP contribution in [0.3, 0.4) is 0 Å². The number of fused-ring (bicyclic) bond motifs is 1. The molecule has 1 saturated heterocycles. The first-order chi connectivity index (χ1) is 10.1. The van der Waals surface area contributed by atoms with Gasteiger partial charge in [0.2, 0.25) is 5.91 Å². The zero-order valence-electron chi connectivity index (χ0n) is 12.8. The number of amides is 1. The smallest absolute Gasteiger partial charge is 0.246 e. The number of aromatic nitrogens is 2. The van der Waals surface area contributed by atoms with Gasteiger partial charge in [0, 0.05) is 26.2 Å². The average molecular weight is 290 g/mol. The molecule has 7 nitrogen and oxygen atoms in total. The van der Waals surface area contributed by atoms with E-state index >= 15 is 0 Å². The fourth-order valence-electron chi connectivity index (χ4n) is 2.78. The molecule has 0 bridgehead atoms. The number of likely N-dealkylation sites (N-methyl/N-ethyl adjacent to an activating group) is 1. The van der Waals surface area contributed by atoms with Gasteiger partial charge in [-0.15, -0.1) is 0 Å². The highest BCUT2D eigenvalue weighted by Gasteiger charge is 2.29. The van der Waals surface area contributed by atoms with Gasteiger partial charge in [-0.05, 0) is 20.4 Å². The molecular weight excluding hydrogens is 268 g/mol. The molecule has 21 heavy (non-hydrogen) atoms. The highest BCUT2D eigenvalue weighted by atomic mass is 16.2. The van der Waals surface area contributed by atoms with Crippen LogP contribution in [0.25, 0.3) is 0 Å². The third-order valence-corrected chi connectivity index (χ3v) is 4.12. The van der Waals surface area contributed by atoms with Gasteiger partial charge in [0.1, 0.15) is 17.6 Å². The fraction of sp³-hybridized carbons (Fsp3) is 0.643. The number of hydrogen-bond donors (Lipinski definition) is 2. The molecule has 114 valence electrons. The third kappa shape index (κ3) is 2.65. The summed E-state index contributed by atoms with van der Waals surface area (Å²) in [6, 6.07) is -0.267. The summed E-state index contributed by atoms with van der Waals surface area (Å²) in [7, 11) is 0. The highest BCUT2D eigenvalue weighted by molar-refractivity contribution is 6.04. The van der Waals surface area contributed by atoms with Crippen LogP contribution in [0.2, 0.25) is 0 Å². The van der Waals surface area contributed by atoms with E-state index in [-0.39, 0.29) is 11.9 Å². The molecule has 1 atom stereocenters. The van der Waals surface area contributed by atoms with Crippen molar-refractivity contribution in [3.05, 3.63) is 5.82 Å². The van der Waals surface area contributed by atoms with Crippen LogP contribution in [0.5, 0.6) is 0 Å². The quantitative estimate of drug-likeness (QED) is 0.834. The van der Waals surface area contributed by atoms with Gasteiger partial charge in [0.25, 0.3) is 0 Å². The Kier molecular flexibility index (Phi) is 3.67. The summed E-state index contributed by atoms with van der Waals surface area (Å²) in [6.07, 6.45) is 0. The number of carbonyl (C=O) groups is 1. The van der Waals surface area contributed by atoms with E-state index in [9.17, 15) is 4.79 Å². The number of nitrogens with one attached hydrogen (secondary N) is 2. The molecule has 7 heteroatoms. The van der Waals surface area contributed by atoms with Crippen LogP contribution in [0.1, 0.15) is 19.7 Å². The summed E-state index contributed by atoms with van der Waals surface area (Å²) >= 11 is 0. The Labute approximate surface area is 124 Å². The zero-order valence-corrected chi connectivity index (χ0v) is 12.8. The summed E-state index contributed by atoms with van der Waals surface area (Å²) in [6.45, 7) is 10.8. The molecule has 2 aliphatic rings. The molecule has 1 unspecified atom stereocenters. The Balaban J connectivity index is 1.91. The monoisotopic (exact) mass is 290 g/mol. The number of hydrogen-bond acceptors (Lipinski definition) is 6. The topological polar surface area (TPSA) is 73.4 Å². The molecule has 1 aromatic heterocycles. The SMILES string of the molecule is CCN1CCN(c2nc(C)nc3c2NC(=O)C(C)N3)CC1. The largest absolute Gasteiger partial charge is 0.357 e. The number of piperazine rings is 1. The van der Waals surface area contributed by atoms with E-state index in [0.717, 1.165) is 50.2 Å². The van der Waals surface area contributed by atoms with Crippen molar-refractivity contribution in [2.24, 2.45) is 0 Å². The summed E-state index contributed by atoms with van der Waals surface area (Å²) in [5, 5.41) is 6.10. The van der Waals surface area contributed by atoms with Gasteiger partial charge < -0.3 is 20.4 Å². The summed E-state index contributed by atoms with van der Waals surface area (Å²) < 4.78 is 0. The van der Waals surface area contributed by atoms with Gasteiger partial charge in [-0.2, -0.15) is 0 Å². The van der Waals surface area contributed by atoms with Crippen molar-refractivity contribution in [1.82, 2.24) is 14.9 Å². The van der Waals surface area contributed by atoms with E-state index in [1.165, 1.54) is 0 Å². The first-order valence-electron chi connectivity index (χ1n) is 7.52. The maximum absolute atomic E-state index is 11.9. The van der Waals surface area contributed by atoms with E-state index in [1.54, 1.807) is 0 Å². The Morgan fingerprint density at radius 2 is 1.95 bits per heavy atom. The molecule has 0 spiro atoms. The molecule has 2 N–H and O–H groups in total. The second-order valence-corrected chi connectivity index (χ2v) is 5.59. The van der Waals surface area contributed by atoms with E-state index in [4.69, 9.17) is 0 Å². The van der Waals surface area contributed by atoms with Crippen LogP contribution < -0.4 is 15.5 Å². The van der Waals surface area contributed by atoms with E-state index in [1.807, 2.05) is 13.8 Å². The lowest BCUT2D eigenvalue weighted by Crippen LogP contribution is -2.47. The lowest BCUT2D eigenvalue weighted by molar-refractivity contribution is -0.116. The molecule has 1 aromatic rings. The van der Waals surface area contributed by atoms with Gasteiger partial charge >= 0.3 is 0 Å². The molecule has 2 aliphatic heterocycles. The molecule has 0 radical (unpaired) electrons. The van der Waals surface area contributed by atoms with Crippen molar-refractivity contribution < 1.29 is 4.79 Å². The zero-order chi connectivity index (χ0) is 15.0. The first-order valence-corrected chi connectivity index (χ1v) is 7.52. The van der Waals surface area contributed by atoms with E-state index in [0.29, 0.717) is 5.69 Å². The number of aryl methyl sites for hydroxylation is 1. The number of carbonyl (C=O) groups excluding carboxylic acids is 1. The third-order valence-electron chi connectivity index (χ3n) is 4.12. The lowest BCUT2D eigenvalue weighted by atomic mass is 10.2. The predicted molar refractivity (Wildman–Crippen MR) is 82.8 cm³/mol.